The van der Waals surface area contributed by atoms with Gasteiger partial charge in [-0.15, -0.1) is 0 Å². The van der Waals surface area contributed by atoms with Crippen molar-refractivity contribution in [3.8, 4) is 17.2 Å². The molecule has 0 N–H and O–H groups in total. The average molecular weight is 279 g/mol. The first-order valence-electron chi connectivity index (χ1n) is 7.04. The number of carbonyl (C=O) groups excluding carboxylic acids is 1. The Kier molecular flexibility index (Phi) is 5.09. The van der Waals surface area contributed by atoms with E-state index in [-0.39, 0.29) is 19.3 Å². The third kappa shape index (κ3) is 3.56. The SMILES string of the molecule is CCCN(CCC)C(=O)COc1ccc2c(c1)OCO2. The molecule has 0 saturated carbocycles. The lowest BCUT2D eigenvalue weighted by molar-refractivity contribution is -0.133. The third-order valence-corrected chi connectivity index (χ3v) is 3.05. The van der Waals surface area contributed by atoms with E-state index in [1.54, 1.807) is 18.2 Å². The zero-order valence-corrected chi connectivity index (χ0v) is 12.1. The summed E-state index contributed by atoms with van der Waals surface area (Å²) in [6.45, 7) is 5.97. The summed E-state index contributed by atoms with van der Waals surface area (Å²) in [7, 11) is 0. The highest BCUT2D eigenvalue weighted by Crippen LogP contribution is 2.35. The quantitative estimate of drug-likeness (QED) is 0.769. The van der Waals surface area contributed by atoms with Crippen LogP contribution in [0.15, 0.2) is 18.2 Å². The molecule has 1 heterocycles. The first kappa shape index (κ1) is 14.5. The van der Waals surface area contributed by atoms with Crippen LogP contribution in [-0.2, 0) is 4.79 Å². The van der Waals surface area contributed by atoms with Gasteiger partial charge in [0.05, 0.1) is 0 Å². The molecule has 110 valence electrons. The number of carbonyl (C=O) groups is 1. The molecule has 5 nitrogen and oxygen atoms in total. The van der Waals surface area contributed by atoms with E-state index < -0.39 is 0 Å². The fraction of sp³-hybridized carbons (Fsp3) is 0.533. The first-order valence-corrected chi connectivity index (χ1v) is 7.04. The van der Waals surface area contributed by atoms with Crippen LogP contribution in [0, 0.1) is 0 Å². The van der Waals surface area contributed by atoms with Crippen LogP contribution in [0.25, 0.3) is 0 Å². The molecule has 0 spiro atoms. The standard InChI is InChI=1S/C15H21NO4/c1-3-7-16(8-4-2)15(17)10-18-12-5-6-13-14(9-12)20-11-19-13/h5-6,9H,3-4,7-8,10-11H2,1-2H3. The minimum Gasteiger partial charge on any atom is -0.484 e. The Bertz CT molecular complexity index is 455. The largest absolute Gasteiger partial charge is 0.484 e. The van der Waals surface area contributed by atoms with Gasteiger partial charge in [0.2, 0.25) is 6.79 Å². The first-order chi connectivity index (χ1) is 9.74. The Morgan fingerprint density at radius 3 is 2.60 bits per heavy atom. The maximum atomic E-state index is 12.1. The van der Waals surface area contributed by atoms with E-state index in [1.165, 1.54) is 0 Å². The van der Waals surface area contributed by atoms with Gasteiger partial charge in [-0.05, 0) is 25.0 Å². The molecule has 1 aromatic carbocycles. The third-order valence-electron chi connectivity index (χ3n) is 3.05. The maximum absolute atomic E-state index is 12.1. The summed E-state index contributed by atoms with van der Waals surface area (Å²) in [5.41, 5.74) is 0. The molecule has 1 aromatic rings. The lowest BCUT2D eigenvalue weighted by atomic mass is 10.3. The number of nitrogens with zero attached hydrogens (tertiary/aromatic N) is 1. The Hall–Kier alpha value is -1.91. The van der Waals surface area contributed by atoms with Crippen LogP contribution >= 0.6 is 0 Å². The van der Waals surface area contributed by atoms with Gasteiger partial charge in [-0.3, -0.25) is 4.79 Å². The van der Waals surface area contributed by atoms with Gasteiger partial charge < -0.3 is 19.1 Å². The highest BCUT2D eigenvalue weighted by Gasteiger charge is 2.16. The van der Waals surface area contributed by atoms with Crippen molar-refractivity contribution in [2.24, 2.45) is 0 Å². The van der Waals surface area contributed by atoms with Gasteiger partial charge in [-0.25, -0.2) is 0 Å². The van der Waals surface area contributed by atoms with Crippen molar-refractivity contribution in [2.45, 2.75) is 26.7 Å². The molecule has 20 heavy (non-hydrogen) atoms. The van der Waals surface area contributed by atoms with Crippen molar-refractivity contribution in [3.63, 3.8) is 0 Å². The van der Waals surface area contributed by atoms with E-state index in [2.05, 4.69) is 13.8 Å². The van der Waals surface area contributed by atoms with E-state index >= 15 is 0 Å². The van der Waals surface area contributed by atoms with Crippen molar-refractivity contribution in [1.29, 1.82) is 0 Å². The molecular weight excluding hydrogens is 258 g/mol. The predicted molar refractivity (Wildman–Crippen MR) is 75.2 cm³/mol. The molecule has 2 rings (SSSR count). The van der Waals surface area contributed by atoms with Crippen LogP contribution in [0.5, 0.6) is 17.2 Å². The maximum Gasteiger partial charge on any atom is 0.260 e. The summed E-state index contributed by atoms with van der Waals surface area (Å²) in [4.78, 5) is 13.9. The van der Waals surface area contributed by atoms with E-state index in [4.69, 9.17) is 14.2 Å². The van der Waals surface area contributed by atoms with Gasteiger partial charge in [-0.2, -0.15) is 0 Å². The van der Waals surface area contributed by atoms with Gasteiger partial charge in [0.25, 0.3) is 5.91 Å². The van der Waals surface area contributed by atoms with Crippen LogP contribution in [-0.4, -0.2) is 37.3 Å². The molecule has 0 saturated heterocycles. The van der Waals surface area contributed by atoms with Crippen molar-refractivity contribution < 1.29 is 19.0 Å². The highest BCUT2D eigenvalue weighted by molar-refractivity contribution is 5.77. The summed E-state index contributed by atoms with van der Waals surface area (Å²) >= 11 is 0. The molecule has 0 atom stereocenters. The molecule has 0 aliphatic carbocycles. The summed E-state index contributed by atoms with van der Waals surface area (Å²) in [6, 6.07) is 5.32. The summed E-state index contributed by atoms with van der Waals surface area (Å²) < 4.78 is 16.0. The number of hydrogen-bond donors (Lipinski definition) is 0. The second-order valence-corrected chi connectivity index (χ2v) is 4.68. The Morgan fingerprint density at radius 2 is 1.90 bits per heavy atom. The Labute approximate surface area is 119 Å². The smallest absolute Gasteiger partial charge is 0.260 e. The van der Waals surface area contributed by atoms with E-state index in [1.807, 2.05) is 4.90 Å². The van der Waals surface area contributed by atoms with Gasteiger partial charge in [0, 0.05) is 19.2 Å². The molecule has 0 bridgehead atoms. The van der Waals surface area contributed by atoms with Gasteiger partial charge in [0.15, 0.2) is 18.1 Å². The van der Waals surface area contributed by atoms with Crippen LogP contribution < -0.4 is 14.2 Å². The predicted octanol–water partition coefficient (Wildman–Crippen LogP) is 2.44. The lowest BCUT2D eigenvalue weighted by Crippen LogP contribution is -2.36. The van der Waals surface area contributed by atoms with Gasteiger partial charge >= 0.3 is 0 Å². The van der Waals surface area contributed by atoms with Crippen molar-refractivity contribution in [1.82, 2.24) is 4.90 Å². The van der Waals surface area contributed by atoms with Crippen LogP contribution in [0.4, 0.5) is 0 Å². The Balaban J connectivity index is 1.89. The second kappa shape index (κ2) is 7.03. The molecule has 0 unspecified atom stereocenters. The topological polar surface area (TPSA) is 48.0 Å². The number of benzene rings is 1. The molecule has 1 amide bonds. The molecular formula is C15H21NO4. The van der Waals surface area contributed by atoms with Crippen molar-refractivity contribution in [3.05, 3.63) is 18.2 Å². The molecule has 0 aromatic heterocycles. The lowest BCUT2D eigenvalue weighted by Gasteiger charge is -2.21. The summed E-state index contributed by atoms with van der Waals surface area (Å²) in [6.07, 6.45) is 1.91. The zero-order chi connectivity index (χ0) is 14.4. The number of amides is 1. The van der Waals surface area contributed by atoms with Gasteiger partial charge in [0.1, 0.15) is 5.75 Å². The molecule has 5 heteroatoms. The van der Waals surface area contributed by atoms with E-state index in [0.29, 0.717) is 17.2 Å². The molecule has 0 radical (unpaired) electrons. The number of rotatable bonds is 7. The molecule has 1 aliphatic heterocycles. The average Bonchev–Trinajstić information content (AvgIpc) is 2.92. The normalized spacial score (nSPS) is 12.3. The Morgan fingerprint density at radius 1 is 1.20 bits per heavy atom. The van der Waals surface area contributed by atoms with E-state index in [0.717, 1.165) is 25.9 Å². The fourth-order valence-corrected chi connectivity index (χ4v) is 2.10. The minimum absolute atomic E-state index is 0.0198. The number of fused-ring (bicyclic) bond motifs is 1. The van der Waals surface area contributed by atoms with E-state index in [9.17, 15) is 4.79 Å². The van der Waals surface area contributed by atoms with Crippen LogP contribution in [0.3, 0.4) is 0 Å². The minimum atomic E-state index is 0.0198. The molecule has 1 aliphatic rings. The van der Waals surface area contributed by atoms with Gasteiger partial charge in [-0.1, -0.05) is 13.8 Å². The fourth-order valence-electron chi connectivity index (χ4n) is 2.10. The molecule has 0 fully saturated rings. The monoisotopic (exact) mass is 279 g/mol. The zero-order valence-electron chi connectivity index (χ0n) is 12.1. The summed E-state index contributed by atoms with van der Waals surface area (Å²) in [5.74, 6) is 2.01. The van der Waals surface area contributed by atoms with Crippen LogP contribution in [0.1, 0.15) is 26.7 Å². The van der Waals surface area contributed by atoms with Crippen molar-refractivity contribution in [2.75, 3.05) is 26.5 Å². The highest BCUT2D eigenvalue weighted by atomic mass is 16.7. The summed E-state index contributed by atoms with van der Waals surface area (Å²) in [5, 5.41) is 0. The van der Waals surface area contributed by atoms with Crippen molar-refractivity contribution >= 4 is 5.91 Å². The van der Waals surface area contributed by atoms with Crippen LogP contribution in [0.2, 0.25) is 0 Å². The second-order valence-electron chi connectivity index (χ2n) is 4.68. The number of ether oxygens (including phenoxy) is 3. The number of hydrogen-bond acceptors (Lipinski definition) is 4.